The summed E-state index contributed by atoms with van der Waals surface area (Å²) in [5.41, 5.74) is 2.07. The average Bonchev–Trinajstić information content (AvgIpc) is 2.56. The molecule has 2 aromatic rings. The van der Waals surface area contributed by atoms with E-state index in [9.17, 15) is 9.59 Å². The Labute approximate surface area is 128 Å². The highest BCUT2D eigenvalue weighted by molar-refractivity contribution is 6.03. The molecule has 0 fully saturated rings. The summed E-state index contributed by atoms with van der Waals surface area (Å²) in [6, 6.07) is 14.9. The molecule has 1 aliphatic heterocycles. The topological polar surface area (TPSA) is 58.6 Å². The fourth-order valence-electron chi connectivity index (χ4n) is 2.36. The van der Waals surface area contributed by atoms with Crippen LogP contribution in [0.5, 0.6) is 5.75 Å². The van der Waals surface area contributed by atoms with E-state index >= 15 is 0 Å². The Morgan fingerprint density at radius 3 is 2.73 bits per heavy atom. The molecule has 2 amide bonds. The van der Waals surface area contributed by atoms with Crippen molar-refractivity contribution >= 4 is 17.5 Å². The Bertz CT molecular complexity index is 713. The second-order valence-corrected chi connectivity index (χ2v) is 5.06. The second kappa shape index (κ2) is 5.89. The number of benzene rings is 2. The molecule has 112 valence electrons. The molecule has 1 aliphatic rings. The molecule has 2 aromatic carbocycles. The molecule has 0 saturated carbocycles. The third-order valence-corrected chi connectivity index (χ3v) is 3.61. The maximum absolute atomic E-state index is 12.4. The smallest absolute Gasteiger partial charge is 0.264 e. The van der Waals surface area contributed by atoms with Crippen LogP contribution in [0.2, 0.25) is 0 Å². The van der Waals surface area contributed by atoms with Gasteiger partial charge in [-0.3, -0.25) is 9.59 Å². The van der Waals surface area contributed by atoms with Gasteiger partial charge in [0, 0.05) is 13.6 Å². The van der Waals surface area contributed by atoms with Crippen LogP contribution in [0.25, 0.3) is 0 Å². The largest absolute Gasteiger partial charge is 0.481 e. The van der Waals surface area contributed by atoms with Crippen molar-refractivity contribution in [2.45, 2.75) is 6.54 Å². The molecule has 3 rings (SSSR count). The number of nitrogens with zero attached hydrogens (tertiary/aromatic N) is 1. The van der Waals surface area contributed by atoms with Gasteiger partial charge in [0.25, 0.3) is 11.8 Å². The molecule has 0 unspecified atom stereocenters. The van der Waals surface area contributed by atoms with Crippen LogP contribution in [0.4, 0.5) is 5.69 Å². The Kier molecular flexibility index (Phi) is 3.78. The van der Waals surface area contributed by atoms with Crippen molar-refractivity contribution in [3.8, 4) is 5.75 Å². The van der Waals surface area contributed by atoms with E-state index in [1.165, 1.54) is 4.90 Å². The lowest BCUT2D eigenvalue weighted by Gasteiger charge is -2.27. The number of likely N-dealkylation sites (N-methyl/N-ethyl adjacent to an activating group) is 1. The predicted octanol–water partition coefficient (Wildman–Crippen LogP) is 1.97. The van der Waals surface area contributed by atoms with Crippen LogP contribution < -0.4 is 15.0 Å². The predicted molar refractivity (Wildman–Crippen MR) is 83.0 cm³/mol. The Morgan fingerprint density at radius 2 is 1.95 bits per heavy atom. The van der Waals surface area contributed by atoms with E-state index in [-0.39, 0.29) is 18.4 Å². The van der Waals surface area contributed by atoms with Gasteiger partial charge in [-0.2, -0.15) is 0 Å². The lowest BCUT2D eigenvalue weighted by Crippen LogP contribution is -2.36. The lowest BCUT2D eigenvalue weighted by atomic mass is 10.1. The minimum absolute atomic E-state index is 0.0491. The summed E-state index contributed by atoms with van der Waals surface area (Å²) in [7, 11) is 1.68. The van der Waals surface area contributed by atoms with Gasteiger partial charge in [0.15, 0.2) is 12.4 Å². The molecule has 0 spiro atoms. The number of carbonyl (C=O) groups is 2. The van der Waals surface area contributed by atoms with E-state index < -0.39 is 0 Å². The average molecular weight is 296 g/mol. The van der Waals surface area contributed by atoms with Gasteiger partial charge >= 0.3 is 0 Å². The van der Waals surface area contributed by atoms with E-state index in [0.717, 1.165) is 5.56 Å². The van der Waals surface area contributed by atoms with Crippen LogP contribution in [0.3, 0.4) is 0 Å². The molecular weight excluding hydrogens is 280 g/mol. The Morgan fingerprint density at radius 1 is 1.18 bits per heavy atom. The quantitative estimate of drug-likeness (QED) is 0.942. The molecule has 5 nitrogen and oxygen atoms in total. The first-order valence-electron chi connectivity index (χ1n) is 7.01. The minimum atomic E-state index is -0.219. The highest BCUT2D eigenvalue weighted by Gasteiger charge is 2.26. The Balaban J connectivity index is 1.80. The maximum Gasteiger partial charge on any atom is 0.264 e. The summed E-state index contributed by atoms with van der Waals surface area (Å²) in [5.74, 6) is 0.105. The number of carbonyl (C=O) groups excluding carboxylic acids is 2. The van der Waals surface area contributed by atoms with Gasteiger partial charge in [-0.25, -0.2) is 0 Å². The summed E-state index contributed by atoms with van der Waals surface area (Å²) in [4.78, 5) is 25.5. The van der Waals surface area contributed by atoms with Crippen molar-refractivity contribution < 1.29 is 14.3 Å². The van der Waals surface area contributed by atoms with E-state index in [2.05, 4.69) is 5.32 Å². The zero-order chi connectivity index (χ0) is 15.5. The number of hydrogen-bond donors (Lipinski definition) is 1. The number of ether oxygens (including phenoxy) is 1. The van der Waals surface area contributed by atoms with Gasteiger partial charge < -0.3 is 15.0 Å². The third-order valence-electron chi connectivity index (χ3n) is 3.61. The maximum atomic E-state index is 12.4. The second-order valence-electron chi connectivity index (χ2n) is 5.06. The van der Waals surface area contributed by atoms with Crippen molar-refractivity contribution in [1.29, 1.82) is 0 Å². The van der Waals surface area contributed by atoms with Gasteiger partial charge in [-0.1, -0.05) is 36.4 Å². The molecule has 22 heavy (non-hydrogen) atoms. The zero-order valence-electron chi connectivity index (χ0n) is 12.2. The SMILES string of the molecule is CN1C(=O)COc2c(C(=O)NCc3ccccc3)cccc21. The molecule has 1 heterocycles. The molecule has 0 bridgehead atoms. The number of hydrogen-bond acceptors (Lipinski definition) is 3. The number of amides is 2. The fraction of sp³-hybridized carbons (Fsp3) is 0.176. The van der Waals surface area contributed by atoms with E-state index in [4.69, 9.17) is 4.74 Å². The lowest BCUT2D eigenvalue weighted by molar-refractivity contribution is -0.121. The van der Waals surface area contributed by atoms with Crippen molar-refractivity contribution in [2.24, 2.45) is 0 Å². The molecule has 0 aromatic heterocycles. The molecule has 0 atom stereocenters. The molecule has 5 heteroatoms. The molecule has 0 radical (unpaired) electrons. The number of anilines is 1. The van der Waals surface area contributed by atoms with Gasteiger partial charge in [0.2, 0.25) is 0 Å². The number of rotatable bonds is 3. The van der Waals surface area contributed by atoms with E-state index in [0.29, 0.717) is 23.5 Å². The Hall–Kier alpha value is -2.82. The van der Waals surface area contributed by atoms with E-state index in [1.54, 1.807) is 25.2 Å². The zero-order valence-corrected chi connectivity index (χ0v) is 12.2. The van der Waals surface area contributed by atoms with Gasteiger partial charge in [0.05, 0.1) is 11.3 Å². The van der Waals surface area contributed by atoms with Crippen molar-refractivity contribution in [1.82, 2.24) is 5.32 Å². The molecule has 0 saturated heterocycles. The van der Waals surface area contributed by atoms with Crippen molar-refractivity contribution in [2.75, 3.05) is 18.6 Å². The summed E-state index contributed by atoms with van der Waals surface area (Å²) in [6.07, 6.45) is 0. The third kappa shape index (κ3) is 2.65. The van der Waals surface area contributed by atoms with Crippen LogP contribution in [0.15, 0.2) is 48.5 Å². The summed E-state index contributed by atoms with van der Waals surface area (Å²) in [6.45, 7) is 0.393. The van der Waals surface area contributed by atoms with Crippen LogP contribution in [-0.4, -0.2) is 25.5 Å². The normalized spacial score (nSPS) is 13.3. The van der Waals surface area contributed by atoms with Crippen molar-refractivity contribution in [3.63, 3.8) is 0 Å². The minimum Gasteiger partial charge on any atom is -0.481 e. The van der Waals surface area contributed by atoms with Crippen LogP contribution in [-0.2, 0) is 11.3 Å². The number of nitrogens with one attached hydrogen (secondary N) is 1. The molecule has 0 aliphatic carbocycles. The fourth-order valence-corrected chi connectivity index (χ4v) is 2.36. The van der Waals surface area contributed by atoms with Crippen molar-refractivity contribution in [3.05, 3.63) is 59.7 Å². The monoisotopic (exact) mass is 296 g/mol. The first-order chi connectivity index (χ1) is 10.7. The highest BCUT2D eigenvalue weighted by atomic mass is 16.5. The standard InChI is InChI=1S/C17H16N2O3/c1-19-14-9-5-8-13(16(14)22-11-15(19)20)17(21)18-10-12-6-3-2-4-7-12/h2-9H,10-11H2,1H3,(H,18,21). The molecular formula is C17H16N2O3. The summed E-state index contributed by atoms with van der Waals surface area (Å²) < 4.78 is 5.46. The number of fused-ring (bicyclic) bond motifs is 1. The first-order valence-corrected chi connectivity index (χ1v) is 7.01. The van der Waals surface area contributed by atoms with Crippen LogP contribution >= 0.6 is 0 Å². The van der Waals surface area contributed by atoms with E-state index in [1.807, 2.05) is 30.3 Å². The highest BCUT2D eigenvalue weighted by Crippen LogP contribution is 2.34. The number of para-hydroxylation sites is 1. The van der Waals surface area contributed by atoms with Crippen LogP contribution in [0, 0.1) is 0 Å². The molecule has 1 N–H and O–H groups in total. The summed E-state index contributed by atoms with van der Waals surface area (Å²) in [5, 5.41) is 2.87. The van der Waals surface area contributed by atoms with Gasteiger partial charge in [-0.05, 0) is 17.7 Å². The van der Waals surface area contributed by atoms with Gasteiger partial charge in [-0.15, -0.1) is 0 Å². The van der Waals surface area contributed by atoms with Gasteiger partial charge in [0.1, 0.15) is 0 Å². The first kappa shape index (κ1) is 14.1. The van der Waals surface area contributed by atoms with Crippen LogP contribution in [0.1, 0.15) is 15.9 Å². The summed E-state index contributed by atoms with van der Waals surface area (Å²) >= 11 is 0.